The van der Waals surface area contributed by atoms with Crippen LogP contribution in [0.5, 0.6) is 0 Å². The van der Waals surface area contributed by atoms with Crippen LogP contribution in [0.1, 0.15) is 31.9 Å². The van der Waals surface area contributed by atoms with Crippen molar-refractivity contribution in [3.8, 4) is 0 Å². The van der Waals surface area contributed by atoms with Crippen LogP contribution in [0.3, 0.4) is 0 Å². The van der Waals surface area contributed by atoms with Crippen LogP contribution in [0.25, 0.3) is 10.9 Å². The highest BCUT2D eigenvalue weighted by Gasteiger charge is 2.30. The van der Waals surface area contributed by atoms with Gasteiger partial charge in [-0.25, -0.2) is 0 Å². The van der Waals surface area contributed by atoms with Crippen molar-refractivity contribution >= 4 is 10.9 Å². The highest BCUT2D eigenvalue weighted by molar-refractivity contribution is 5.78. The molecule has 96 valence electrons. The minimum atomic E-state index is -3.09. The van der Waals surface area contributed by atoms with Crippen LogP contribution >= 0.6 is 0 Å². The molecule has 0 N–H and O–H groups in total. The van der Waals surface area contributed by atoms with E-state index in [1.165, 1.54) is 6.92 Å². The third kappa shape index (κ3) is 2.82. The summed E-state index contributed by atoms with van der Waals surface area (Å²) < 4.78 is 31.1. The molecule has 1 aromatic carbocycles. The molecule has 1 heterocycles. The van der Waals surface area contributed by atoms with Crippen LogP contribution in [-0.4, -0.2) is 11.1 Å². The number of fused-ring (bicyclic) bond motifs is 1. The molecule has 2 nitrogen and oxygen atoms in total. The van der Waals surface area contributed by atoms with Gasteiger partial charge in [-0.1, -0.05) is 25.1 Å². The summed E-state index contributed by atoms with van der Waals surface area (Å²) in [5, 5.41) is 0.922. The van der Waals surface area contributed by atoms with Gasteiger partial charge in [-0.2, -0.15) is 8.78 Å². The normalized spacial score (nSPS) is 13.8. The van der Waals surface area contributed by atoms with Crippen LogP contribution in [0.2, 0.25) is 0 Å². The maximum atomic E-state index is 13.2. The molecule has 0 bridgehead atoms. The minimum absolute atomic E-state index is 0.335. The Bertz CT molecular complexity index is 542. The summed E-state index contributed by atoms with van der Waals surface area (Å²) >= 11 is 0. The Morgan fingerprint density at radius 1 is 1.33 bits per heavy atom. The van der Waals surface area contributed by atoms with E-state index in [1.54, 1.807) is 13.1 Å². The molecule has 0 aliphatic heterocycles. The first kappa shape index (κ1) is 12.9. The number of ether oxygens (including phenoxy) is 1. The molecule has 0 saturated carbocycles. The van der Waals surface area contributed by atoms with Crippen molar-refractivity contribution < 1.29 is 13.5 Å². The molecular formula is C14H15F2NO. The summed E-state index contributed by atoms with van der Waals surface area (Å²) in [5.41, 5.74) is 1.50. The summed E-state index contributed by atoms with van der Waals surface area (Å²) in [4.78, 5) is 4.23. The molecule has 0 radical (unpaired) electrons. The third-order valence-corrected chi connectivity index (χ3v) is 2.84. The summed E-state index contributed by atoms with van der Waals surface area (Å²) in [6.45, 7) is 3.00. The maximum absolute atomic E-state index is 13.2. The largest absolute Gasteiger partial charge is 0.356 e. The Morgan fingerprint density at radius 3 is 2.78 bits per heavy atom. The number of hydrogen-bond donors (Lipinski definition) is 0. The average molecular weight is 251 g/mol. The lowest BCUT2D eigenvalue weighted by Gasteiger charge is -2.20. The van der Waals surface area contributed by atoms with Crippen molar-refractivity contribution in [2.75, 3.05) is 0 Å². The second kappa shape index (κ2) is 4.98. The van der Waals surface area contributed by atoms with Crippen molar-refractivity contribution in [2.24, 2.45) is 0 Å². The van der Waals surface area contributed by atoms with Crippen molar-refractivity contribution in [1.82, 2.24) is 4.98 Å². The smallest absolute Gasteiger partial charge is 0.313 e. The molecule has 0 amide bonds. The Kier molecular flexibility index (Phi) is 3.57. The molecule has 18 heavy (non-hydrogen) atoms. The standard InChI is InChI=1S/C14H15F2NO/c1-3-14(15,16)18-10(2)12-8-11-6-4-5-7-13(11)17-9-12/h4-10H,3H2,1-2H3. The highest BCUT2D eigenvalue weighted by atomic mass is 19.3. The van der Waals surface area contributed by atoms with Gasteiger partial charge in [0.25, 0.3) is 0 Å². The highest BCUT2D eigenvalue weighted by Crippen LogP contribution is 2.29. The van der Waals surface area contributed by atoms with E-state index < -0.39 is 12.2 Å². The number of nitrogens with zero attached hydrogens (tertiary/aromatic N) is 1. The zero-order valence-electron chi connectivity index (χ0n) is 10.4. The predicted octanol–water partition coefficient (Wildman–Crippen LogP) is 4.32. The first-order valence-electron chi connectivity index (χ1n) is 5.92. The summed E-state index contributed by atoms with van der Waals surface area (Å²) in [7, 11) is 0. The summed E-state index contributed by atoms with van der Waals surface area (Å²) in [6, 6.07) is 9.39. The van der Waals surface area contributed by atoms with Gasteiger partial charge in [-0.15, -0.1) is 0 Å². The van der Waals surface area contributed by atoms with Gasteiger partial charge in [0.1, 0.15) is 0 Å². The molecule has 0 aliphatic rings. The van der Waals surface area contributed by atoms with Crippen molar-refractivity contribution in [3.63, 3.8) is 0 Å². The van der Waals surface area contributed by atoms with E-state index in [2.05, 4.69) is 4.98 Å². The number of para-hydroxylation sites is 1. The van der Waals surface area contributed by atoms with Gasteiger partial charge in [0.2, 0.25) is 0 Å². The molecule has 0 spiro atoms. The molecule has 0 fully saturated rings. The van der Waals surface area contributed by atoms with E-state index >= 15 is 0 Å². The lowest BCUT2D eigenvalue weighted by atomic mass is 10.1. The molecule has 1 atom stereocenters. The van der Waals surface area contributed by atoms with Crippen LogP contribution in [0.4, 0.5) is 8.78 Å². The molecule has 4 heteroatoms. The Hall–Kier alpha value is -1.55. The van der Waals surface area contributed by atoms with E-state index in [0.717, 1.165) is 10.9 Å². The van der Waals surface area contributed by atoms with Crippen LogP contribution in [-0.2, 0) is 4.74 Å². The number of rotatable bonds is 4. The second-order valence-electron chi connectivity index (χ2n) is 4.21. The summed E-state index contributed by atoms with van der Waals surface area (Å²) in [5.74, 6) is 0. The second-order valence-corrected chi connectivity index (χ2v) is 4.21. The molecule has 1 unspecified atom stereocenters. The lowest BCUT2D eigenvalue weighted by molar-refractivity contribution is -0.262. The van der Waals surface area contributed by atoms with Gasteiger partial charge in [0, 0.05) is 18.0 Å². The lowest BCUT2D eigenvalue weighted by Crippen LogP contribution is -2.21. The van der Waals surface area contributed by atoms with E-state index in [0.29, 0.717) is 5.56 Å². The van der Waals surface area contributed by atoms with Gasteiger partial charge >= 0.3 is 6.11 Å². The van der Waals surface area contributed by atoms with Gasteiger partial charge < -0.3 is 4.74 Å². The van der Waals surface area contributed by atoms with Gasteiger partial charge in [-0.3, -0.25) is 4.98 Å². The molecule has 2 aromatic rings. The number of pyridine rings is 1. The fourth-order valence-electron chi connectivity index (χ4n) is 1.72. The van der Waals surface area contributed by atoms with Crippen molar-refractivity contribution in [1.29, 1.82) is 0 Å². The fourth-order valence-corrected chi connectivity index (χ4v) is 1.72. The van der Waals surface area contributed by atoms with E-state index in [-0.39, 0.29) is 6.42 Å². The van der Waals surface area contributed by atoms with Crippen LogP contribution in [0.15, 0.2) is 36.5 Å². The predicted molar refractivity (Wildman–Crippen MR) is 66.5 cm³/mol. The first-order chi connectivity index (χ1) is 8.52. The van der Waals surface area contributed by atoms with Gasteiger partial charge in [0.05, 0.1) is 11.6 Å². The zero-order valence-corrected chi connectivity index (χ0v) is 10.4. The monoisotopic (exact) mass is 251 g/mol. The fraction of sp³-hybridized carbons (Fsp3) is 0.357. The molecule has 2 rings (SSSR count). The third-order valence-electron chi connectivity index (χ3n) is 2.84. The Labute approximate surface area is 105 Å². The molecule has 0 aliphatic carbocycles. The van der Waals surface area contributed by atoms with E-state index in [1.807, 2.05) is 30.3 Å². The SMILES string of the molecule is CCC(F)(F)OC(C)c1cnc2ccccc2c1. The van der Waals surface area contributed by atoms with Crippen LogP contribution in [0, 0.1) is 0 Å². The molecular weight excluding hydrogens is 236 g/mol. The number of aromatic nitrogens is 1. The van der Waals surface area contributed by atoms with Crippen molar-refractivity contribution in [2.45, 2.75) is 32.5 Å². The first-order valence-corrected chi connectivity index (χ1v) is 5.92. The molecule has 1 aromatic heterocycles. The number of alkyl halides is 2. The Balaban J connectivity index is 2.25. The van der Waals surface area contributed by atoms with Crippen LogP contribution < -0.4 is 0 Å². The van der Waals surface area contributed by atoms with Gasteiger partial charge in [0.15, 0.2) is 0 Å². The quantitative estimate of drug-likeness (QED) is 0.807. The van der Waals surface area contributed by atoms with E-state index in [9.17, 15) is 8.78 Å². The van der Waals surface area contributed by atoms with Gasteiger partial charge in [-0.05, 0) is 24.6 Å². The minimum Gasteiger partial charge on any atom is -0.313 e. The average Bonchev–Trinajstić information content (AvgIpc) is 2.37. The van der Waals surface area contributed by atoms with E-state index in [4.69, 9.17) is 4.74 Å². The van der Waals surface area contributed by atoms with Crippen molar-refractivity contribution in [3.05, 3.63) is 42.1 Å². The maximum Gasteiger partial charge on any atom is 0.356 e. The number of hydrogen-bond acceptors (Lipinski definition) is 2. The number of benzene rings is 1. The zero-order chi connectivity index (χ0) is 13.2. The summed E-state index contributed by atoms with van der Waals surface area (Å²) in [6.07, 6.45) is -2.53. The number of halogens is 2. The Morgan fingerprint density at radius 2 is 2.06 bits per heavy atom. The topological polar surface area (TPSA) is 22.1 Å². The molecule has 0 saturated heterocycles.